The Morgan fingerprint density at radius 2 is 2.18 bits per heavy atom. The minimum absolute atomic E-state index is 0.847. The summed E-state index contributed by atoms with van der Waals surface area (Å²) in [5.41, 5.74) is 6.70. The van der Waals surface area contributed by atoms with Gasteiger partial charge in [0.25, 0.3) is 0 Å². The first-order valence-corrected chi connectivity index (χ1v) is 6.86. The van der Waals surface area contributed by atoms with Crippen LogP contribution in [0.15, 0.2) is 36.7 Å². The first-order valence-electron chi connectivity index (χ1n) is 5.68. The lowest BCUT2D eigenvalue weighted by Crippen LogP contribution is -2.05. The summed E-state index contributed by atoms with van der Waals surface area (Å²) < 4.78 is 2.26. The van der Waals surface area contributed by atoms with Crippen LogP contribution < -0.4 is 5.32 Å². The Kier molecular flexibility index (Phi) is 3.48. The van der Waals surface area contributed by atoms with E-state index in [0.29, 0.717) is 0 Å². The van der Waals surface area contributed by atoms with Crippen molar-refractivity contribution in [3.8, 4) is 0 Å². The van der Waals surface area contributed by atoms with Gasteiger partial charge in [0.2, 0.25) is 0 Å². The van der Waals surface area contributed by atoms with Gasteiger partial charge in [-0.15, -0.1) is 0 Å². The van der Waals surface area contributed by atoms with Crippen molar-refractivity contribution in [1.82, 2.24) is 9.62 Å². The highest BCUT2D eigenvalue weighted by Gasteiger charge is 2.30. The van der Waals surface area contributed by atoms with Crippen molar-refractivity contribution in [2.24, 2.45) is 0 Å². The SMILES string of the molecule is C=CNCc1ccc(C2=C(C)N2SC)cc1C. The highest BCUT2D eigenvalue weighted by Crippen LogP contribution is 2.45. The smallest absolute Gasteiger partial charge is 0.0796 e. The maximum Gasteiger partial charge on any atom is 0.0796 e. The largest absolute Gasteiger partial charge is 0.387 e. The molecule has 1 aliphatic heterocycles. The monoisotopic (exact) mass is 246 g/mol. The fraction of sp³-hybridized carbons (Fsp3) is 0.286. The molecule has 0 saturated carbocycles. The van der Waals surface area contributed by atoms with Gasteiger partial charge in [-0.05, 0) is 49.2 Å². The molecule has 90 valence electrons. The number of allylic oxidation sites excluding steroid dienone is 1. The number of benzene rings is 1. The molecule has 1 N–H and O–H groups in total. The predicted octanol–water partition coefficient (Wildman–Crippen LogP) is 3.51. The van der Waals surface area contributed by atoms with E-state index in [1.807, 2.05) is 0 Å². The molecule has 1 heterocycles. The zero-order valence-corrected chi connectivity index (χ0v) is 11.4. The van der Waals surface area contributed by atoms with Gasteiger partial charge < -0.3 is 5.32 Å². The normalized spacial score (nSPS) is 13.9. The minimum atomic E-state index is 0.847. The van der Waals surface area contributed by atoms with E-state index in [4.69, 9.17) is 0 Å². The van der Waals surface area contributed by atoms with Crippen LogP contribution >= 0.6 is 11.9 Å². The summed E-state index contributed by atoms with van der Waals surface area (Å²) in [4.78, 5) is 0. The van der Waals surface area contributed by atoms with E-state index in [1.165, 1.54) is 28.1 Å². The lowest BCUT2D eigenvalue weighted by Gasteiger charge is -2.08. The van der Waals surface area contributed by atoms with Gasteiger partial charge in [-0.2, -0.15) is 0 Å². The third-order valence-electron chi connectivity index (χ3n) is 3.04. The zero-order valence-electron chi connectivity index (χ0n) is 10.6. The van der Waals surface area contributed by atoms with Crippen LogP contribution in [0.5, 0.6) is 0 Å². The number of hydrogen-bond donors (Lipinski definition) is 1. The van der Waals surface area contributed by atoms with E-state index in [1.54, 1.807) is 18.1 Å². The van der Waals surface area contributed by atoms with E-state index in [2.05, 4.69) is 54.5 Å². The van der Waals surface area contributed by atoms with Crippen LogP contribution in [0.4, 0.5) is 0 Å². The van der Waals surface area contributed by atoms with E-state index < -0.39 is 0 Å². The van der Waals surface area contributed by atoms with E-state index >= 15 is 0 Å². The Morgan fingerprint density at radius 1 is 1.41 bits per heavy atom. The second-order valence-electron chi connectivity index (χ2n) is 4.14. The van der Waals surface area contributed by atoms with Crippen molar-refractivity contribution in [1.29, 1.82) is 0 Å². The van der Waals surface area contributed by atoms with Gasteiger partial charge in [0.15, 0.2) is 0 Å². The molecule has 3 heteroatoms. The van der Waals surface area contributed by atoms with Gasteiger partial charge in [-0.3, -0.25) is 4.31 Å². The molecule has 0 fully saturated rings. The molecule has 0 spiro atoms. The van der Waals surface area contributed by atoms with Crippen molar-refractivity contribution in [3.63, 3.8) is 0 Å². The molecule has 2 rings (SSSR count). The molecule has 1 aromatic carbocycles. The summed E-state index contributed by atoms with van der Waals surface area (Å²) in [6.07, 6.45) is 3.84. The molecule has 0 aromatic heterocycles. The standard InChI is InChI=1S/C14H18N2S/c1-5-15-9-13-7-6-12(8-10(13)2)14-11(3)16(14)17-4/h5-8,15H,1,9H2,2-4H3. The molecule has 0 saturated heterocycles. The maximum absolute atomic E-state index is 3.66. The lowest BCUT2D eigenvalue weighted by atomic mass is 10.0. The fourth-order valence-electron chi connectivity index (χ4n) is 2.01. The predicted molar refractivity (Wildman–Crippen MR) is 76.2 cm³/mol. The number of aryl methyl sites for hydroxylation is 1. The lowest BCUT2D eigenvalue weighted by molar-refractivity contribution is 0.864. The molecule has 0 aliphatic carbocycles. The first-order chi connectivity index (χ1) is 8.19. The number of rotatable bonds is 5. The van der Waals surface area contributed by atoms with Crippen LogP contribution in [-0.4, -0.2) is 10.6 Å². The molecule has 0 amide bonds. The molecular formula is C14H18N2S. The van der Waals surface area contributed by atoms with Gasteiger partial charge in [-0.1, -0.05) is 18.7 Å². The molecule has 0 atom stereocenters. The van der Waals surface area contributed by atoms with Crippen LogP contribution in [0.25, 0.3) is 5.70 Å². The summed E-state index contributed by atoms with van der Waals surface area (Å²) >= 11 is 1.76. The Bertz CT molecular complexity index is 477. The van der Waals surface area contributed by atoms with Crippen molar-refractivity contribution in [2.45, 2.75) is 20.4 Å². The summed E-state index contributed by atoms with van der Waals surface area (Å²) in [5.74, 6) is 0. The molecular weight excluding hydrogens is 228 g/mol. The van der Waals surface area contributed by atoms with E-state index in [-0.39, 0.29) is 0 Å². The quantitative estimate of drug-likeness (QED) is 0.800. The highest BCUT2D eigenvalue weighted by atomic mass is 32.2. The Morgan fingerprint density at radius 3 is 2.71 bits per heavy atom. The molecule has 17 heavy (non-hydrogen) atoms. The van der Waals surface area contributed by atoms with Crippen LogP contribution in [0.3, 0.4) is 0 Å². The van der Waals surface area contributed by atoms with Crippen molar-refractivity contribution < 1.29 is 0 Å². The topological polar surface area (TPSA) is 15.0 Å². The number of nitrogens with one attached hydrogen (secondary N) is 1. The van der Waals surface area contributed by atoms with Crippen LogP contribution in [0.1, 0.15) is 23.6 Å². The second kappa shape index (κ2) is 4.88. The molecule has 1 aromatic rings. The summed E-state index contributed by atoms with van der Waals surface area (Å²) in [6, 6.07) is 6.65. The fourth-order valence-corrected chi connectivity index (χ4v) is 2.75. The number of nitrogens with zero attached hydrogens (tertiary/aromatic N) is 1. The number of hydrogen-bond acceptors (Lipinski definition) is 3. The minimum Gasteiger partial charge on any atom is -0.387 e. The van der Waals surface area contributed by atoms with Gasteiger partial charge in [-0.25, -0.2) is 0 Å². The van der Waals surface area contributed by atoms with Crippen LogP contribution in [0, 0.1) is 6.92 Å². The average molecular weight is 246 g/mol. The molecule has 0 bridgehead atoms. The van der Waals surface area contributed by atoms with Crippen LogP contribution in [0.2, 0.25) is 0 Å². The van der Waals surface area contributed by atoms with E-state index in [0.717, 1.165) is 6.54 Å². The van der Waals surface area contributed by atoms with Gasteiger partial charge in [0.05, 0.1) is 11.4 Å². The average Bonchev–Trinajstić information content (AvgIpc) is 2.98. The van der Waals surface area contributed by atoms with Gasteiger partial charge in [0.1, 0.15) is 0 Å². The Labute approximate surface area is 108 Å². The van der Waals surface area contributed by atoms with Crippen molar-refractivity contribution >= 4 is 17.6 Å². The molecule has 1 aliphatic rings. The summed E-state index contributed by atoms with van der Waals surface area (Å²) in [7, 11) is 0. The third-order valence-corrected chi connectivity index (χ3v) is 3.86. The molecule has 0 unspecified atom stereocenters. The first kappa shape index (κ1) is 12.1. The van der Waals surface area contributed by atoms with Crippen LogP contribution in [-0.2, 0) is 6.54 Å². The summed E-state index contributed by atoms with van der Waals surface area (Å²) in [5, 5.41) is 3.14. The molecule has 0 radical (unpaired) electrons. The summed E-state index contributed by atoms with van der Waals surface area (Å²) in [6.45, 7) is 8.83. The maximum atomic E-state index is 3.66. The Hall–Kier alpha value is -1.35. The van der Waals surface area contributed by atoms with Gasteiger partial charge in [0, 0.05) is 18.4 Å². The van der Waals surface area contributed by atoms with Crippen molar-refractivity contribution in [3.05, 3.63) is 53.4 Å². The molecule has 2 nitrogen and oxygen atoms in total. The zero-order chi connectivity index (χ0) is 12.4. The van der Waals surface area contributed by atoms with E-state index in [9.17, 15) is 0 Å². The van der Waals surface area contributed by atoms with Gasteiger partial charge >= 0.3 is 0 Å². The second-order valence-corrected chi connectivity index (χ2v) is 4.87. The third kappa shape index (κ3) is 2.34. The Balaban J connectivity index is 2.17. The van der Waals surface area contributed by atoms with Crippen molar-refractivity contribution in [2.75, 3.05) is 6.26 Å². The highest BCUT2D eigenvalue weighted by molar-refractivity contribution is 7.97.